The van der Waals surface area contributed by atoms with Crippen molar-refractivity contribution >= 4 is 5.78 Å². The highest BCUT2D eigenvalue weighted by Gasteiger charge is 2.57. The van der Waals surface area contributed by atoms with E-state index in [4.69, 9.17) is 18.9 Å². The second-order valence-corrected chi connectivity index (χ2v) is 5.87. The summed E-state index contributed by atoms with van der Waals surface area (Å²) in [6, 6.07) is 17.1. The minimum absolute atomic E-state index is 0.0934. The number of carbonyl (C=O) groups excluding carboxylic acids is 1. The standard InChI is InChI=1S/C19H18O5/c1-21-19-15-10-6-5-9-14(15)17(20)18(24-19)16(23-19)12-22-11-13-7-3-2-4-8-13/h2-10,16,18H,11-12H2,1H3/t16-,18+,19-/m1/s1. The minimum Gasteiger partial charge on any atom is -0.374 e. The molecule has 0 N–H and O–H groups in total. The molecule has 0 radical (unpaired) electrons. The minimum atomic E-state index is -1.32. The highest BCUT2D eigenvalue weighted by Crippen LogP contribution is 2.45. The molecule has 0 aromatic heterocycles. The third kappa shape index (κ3) is 2.46. The number of ketones is 1. The molecule has 1 fully saturated rings. The molecule has 2 aromatic rings. The number of benzene rings is 2. The Kier molecular flexibility index (Phi) is 3.94. The fourth-order valence-corrected chi connectivity index (χ4v) is 3.19. The van der Waals surface area contributed by atoms with Crippen LogP contribution in [0.2, 0.25) is 0 Å². The van der Waals surface area contributed by atoms with Crippen LogP contribution in [0.1, 0.15) is 21.5 Å². The van der Waals surface area contributed by atoms with Crippen molar-refractivity contribution in [2.45, 2.75) is 24.8 Å². The van der Waals surface area contributed by atoms with Crippen LogP contribution in [-0.4, -0.2) is 31.7 Å². The van der Waals surface area contributed by atoms with Crippen molar-refractivity contribution in [2.75, 3.05) is 13.7 Å². The molecular formula is C19H18O5. The Labute approximate surface area is 140 Å². The number of methoxy groups -OCH3 is 1. The molecule has 0 amide bonds. The van der Waals surface area contributed by atoms with E-state index in [0.717, 1.165) is 5.56 Å². The van der Waals surface area contributed by atoms with Crippen LogP contribution in [0.5, 0.6) is 0 Å². The van der Waals surface area contributed by atoms with Crippen molar-refractivity contribution in [3.05, 3.63) is 71.3 Å². The van der Waals surface area contributed by atoms with E-state index in [2.05, 4.69) is 0 Å². The topological polar surface area (TPSA) is 54.0 Å². The summed E-state index contributed by atoms with van der Waals surface area (Å²) in [7, 11) is 1.51. The Balaban J connectivity index is 1.51. The molecule has 1 saturated heterocycles. The fraction of sp³-hybridized carbons (Fsp3) is 0.316. The SMILES string of the molecule is CO[C@]12O[C@H](C(=O)c3ccccc31)[C@@H](COCc1ccccc1)O2. The van der Waals surface area contributed by atoms with Gasteiger partial charge in [0.25, 0.3) is 0 Å². The largest absolute Gasteiger partial charge is 0.374 e. The molecule has 124 valence electrons. The first-order valence-corrected chi connectivity index (χ1v) is 7.90. The summed E-state index contributed by atoms with van der Waals surface area (Å²) in [5, 5.41) is 0. The van der Waals surface area contributed by atoms with E-state index in [-0.39, 0.29) is 12.4 Å². The molecule has 5 heteroatoms. The molecule has 3 atom stereocenters. The molecule has 0 spiro atoms. The Morgan fingerprint density at radius 1 is 1.04 bits per heavy atom. The van der Waals surface area contributed by atoms with E-state index < -0.39 is 18.2 Å². The normalized spacial score (nSPS) is 28.0. The molecular weight excluding hydrogens is 308 g/mol. The van der Waals surface area contributed by atoms with Crippen LogP contribution in [0.15, 0.2) is 54.6 Å². The molecule has 24 heavy (non-hydrogen) atoms. The molecule has 2 aliphatic heterocycles. The van der Waals surface area contributed by atoms with Gasteiger partial charge in [-0.05, 0) is 5.56 Å². The highest BCUT2D eigenvalue weighted by atomic mass is 16.9. The molecule has 0 unspecified atom stereocenters. The maximum absolute atomic E-state index is 12.7. The molecule has 4 rings (SSSR count). The van der Waals surface area contributed by atoms with Gasteiger partial charge in [0.15, 0.2) is 11.9 Å². The molecule has 2 aromatic carbocycles. The lowest BCUT2D eigenvalue weighted by molar-refractivity contribution is -0.344. The summed E-state index contributed by atoms with van der Waals surface area (Å²) < 4.78 is 23.0. The van der Waals surface area contributed by atoms with Crippen LogP contribution >= 0.6 is 0 Å². The van der Waals surface area contributed by atoms with Gasteiger partial charge >= 0.3 is 5.97 Å². The average molecular weight is 326 g/mol. The molecule has 0 saturated carbocycles. The Hall–Kier alpha value is -2.05. The van der Waals surface area contributed by atoms with Crippen molar-refractivity contribution < 1.29 is 23.7 Å². The molecule has 2 heterocycles. The second-order valence-electron chi connectivity index (χ2n) is 5.87. The summed E-state index contributed by atoms with van der Waals surface area (Å²) in [6.45, 7) is 0.707. The van der Waals surface area contributed by atoms with Gasteiger partial charge in [0.1, 0.15) is 6.10 Å². The first kappa shape index (κ1) is 15.5. The number of fused-ring (bicyclic) bond motifs is 4. The van der Waals surface area contributed by atoms with Crippen LogP contribution in [0.25, 0.3) is 0 Å². The maximum Gasteiger partial charge on any atom is 0.313 e. The summed E-state index contributed by atoms with van der Waals surface area (Å²) >= 11 is 0. The van der Waals surface area contributed by atoms with Gasteiger partial charge in [-0.3, -0.25) is 4.79 Å². The fourth-order valence-electron chi connectivity index (χ4n) is 3.19. The number of rotatable bonds is 5. The Bertz CT molecular complexity index is 744. The number of hydrogen-bond acceptors (Lipinski definition) is 5. The van der Waals surface area contributed by atoms with E-state index in [9.17, 15) is 4.79 Å². The molecule has 2 bridgehead atoms. The molecule has 2 aliphatic rings. The van der Waals surface area contributed by atoms with Gasteiger partial charge in [-0.2, -0.15) is 0 Å². The van der Waals surface area contributed by atoms with Crippen LogP contribution in [0.3, 0.4) is 0 Å². The highest BCUT2D eigenvalue weighted by molar-refractivity contribution is 6.02. The van der Waals surface area contributed by atoms with Crippen molar-refractivity contribution in [1.29, 1.82) is 0 Å². The third-order valence-corrected chi connectivity index (χ3v) is 4.37. The zero-order valence-electron chi connectivity index (χ0n) is 13.3. The summed E-state index contributed by atoms with van der Waals surface area (Å²) in [5.41, 5.74) is 2.26. The number of ether oxygens (including phenoxy) is 4. The predicted octanol–water partition coefficient (Wildman–Crippen LogP) is 2.64. The van der Waals surface area contributed by atoms with Gasteiger partial charge in [-0.1, -0.05) is 54.6 Å². The van der Waals surface area contributed by atoms with Crippen LogP contribution in [-0.2, 0) is 31.5 Å². The van der Waals surface area contributed by atoms with Crippen molar-refractivity contribution in [3.63, 3.8) is 0 Å². The van der Waals surface area contributed by atoms with Gasteiger partial charge in [-0.25, -0.2) is 0 Å². The zero-order chi connectivity index (χ0) is 16.6. The van der Waals surface area contributed by atoms with Crippen molar-refractivity contribution in [3.8, 4) is 0 Å². The lowest BCUT2D eigenvalue weighted by Crippen LogP contribution is -2.40. The predicted molar refractivity (Wildman–Crippen MR) is 85.3 cm³/mol. The smallest absolute Gasteiger partial charge is 0.313 e. The number of hydrogen-bond donors (Lipinski definition) is 0. The van der Waals surface area contributed by atoms with E-state index in [1.165, 1.54) is 7.11 Å². The summed E-state index contributed by atoms with van der Waals surface area (Å²) in [5.74, 6) is -1.42. The van der Waals surface area contributed by atoms with Crippen molar-refractivity contribution in [1.82, 2.24) is 0 Å². The third-order valence-electron chi connectivity index (χ3n) is 4.37. The summed E-state index contributed by atoms with van der Waals surface area (Å²) in [6.07, 6.45) is -1.22. The van der Waals surface area contributed by atoms with E-state index in [1.807, 2.05) is 42.5 Å². The van der Waals surface area contributed by atoms with Gasteiger partial charge in [0.2, 0.25) is 0 Å². The quantitative estimate of drug-likeness (QED) is 0.845. The molecule has 0 aliphatic carbocycles. The van der Waals surface area contributed by atoms with Gasteiger partial charge < -0.3 is 18.9 Å². The Morgan fingerprint density at radius 2 is 1.79 bits per heavy atom. The first-order valence-electron chi connectivity index (χ1n) is 7.90. The molecule has 5 nitrogen and oxygen atoms in total. The van der Waals surface area contributed by atoms with Gasteiger partial charge in [0, 0.05) is 12.7 Å². The van der Waals surface area contributed by atoms with E-state index in [1.54, 1.807) is 12.1 Å². The van der Waals surface area contributed by atoms with Gasteiger partial charge in [-0.15, -0.1) is 0 Å². The van der Waals surface area contributed by atoms with Crippen LogP contribution in [0, 0.1) is 0 Å². The Morgan fingerprint density at radius 3 is 2.58 bits per heavy atom. The second kappa shape index (κ2) is 6.11. The summed E-state index contributed by atoms with van der Waals surface area (Å²) in [4.78, 5) is 12.7. The van der Waals surface area contributed by atoms with Crippen LogP contribution in [0.4, 0.5) is 0 Å². The van der Waals surface area contributed by atoms with E-state index in [0.29, 0.717) is 17.7 Å². The van der Waals surface area contributed by atoms with Crippen molar-refractivity contribution in [2.24, 2.45) is 0 Å². The average Bonchev–Trinajstić information content (AvgIpc) is 2.98. The number of Topliss-reactive ketones (excluding diaryl/α,β-unsaturated/α-hetero) is 1. The lowest BCUT2D eigenvalue weighted by atomic mass is 9.95. The zero-order valence-corrected chi connectivity index (χ0v) is 13.3. The maximum atomic E-state index is 12.7. The van der Waals surface area contributed by atoms with E-state index >= 15 is 0 Å². The van der Waals surface area contributed by atoms with Gasteiger partial charge in [0.05, 0.1) is 18.8 Å². The van der Waals surface area contributed by atoms with Crippen LogP contribution < -0.4 is 0 Å². The lowest BCUT2D eigenvalue weighted by Gasteiger charge is -2.30. The number of carbonyl (C=O) groups is 1. The first-order chi connectivity index (χ1) is 11.7. The monoisotopic (exact) mass is 326 g/mol.